The molecular weight excluding hydrogens is 319 g/mol. The van der Waals surface area contributed by atoms with Crippen molar-refractivity contribution < 1.29 is 19.1 Å². The van der Waals surface area contributed by atoms with E-state index in [0.717, 1.165) is 6.07 Å². The summed E-state index contributed by atoms with van der Waals surface area (Å²) in [5.41, 5.74) is 0.249. The maximum absolute atomic E-state index is 13.2. The van der Waals surface area contributed by atoms with E-state index in [9.17, 15) is 14.0 Å². The average Bonchev–Trinajstić information content (AvgIpc) is 2.33. The number of urea groups is 1. The Balaban J connectivity index is 2.63. The van der Waals surface area contributed by atoms with Crippen molar-refractivity contribution in [2.24, 2.45) is 0 Å². The van der Waals surface area contributed by atoms with Gasteiger partial charge in [-0.15, -0.1) is 0 Å². The van der Waals surface area contributed by atoms with Crippen molar-refractivity contribution in [2.45, 2.75) is 25.8 Å². The zero-order chi connectivity index (χ0) is 14.4. The quantitative estimate of drug-likeness (QED) is 0.775. The van der Waals surface area contributed by atoms with Gasteiger partial charge >= 0.3 is 12.0 Å². The summed E-state index contributed by atoms with van der Waals surface area (Å²) in [6.07, 6.45) is 0.960. The van der Waals surface area contributed by atoms with Gasteiger partial charge in [-0.1, -0.05) is 13.3 Å². The number of hydrogen-bond donors (Lipinski definition) is 3. The molecular formula is C12H14BrFN2O3. The van der Waals surface area contributed by atoms with Crippen LogP contribution in [0.2, 0.25) is 0 Å². The predicted molar refractivity (Wildman–Crippen MR) is 72.6 cm³/mol. The van der Waals surface area contributed by atoms with Crippen molar-refractivity contribution in [3.05, 3.63) is 28.5 Å². The number of hydrogen-bond acceptors (Lipinski definition) is 2. The molecule has 19 heavy (non-hydrogen) atoms. The lowest BCUT2D eigenvalue weighted by atomic mass is 10.2. The van der Waals surface area contributed by atoms with Gasteiger partial charge in [0.15, 0.2) is 0 Å². The first-order valence-electron chi connectivity index (χ1n) is 5.69. The molecule has 0 unspecified atom stereocenters. The zero-order valence-corrected chi connectivity index (χ0v) is 11.8. The van der Waals surface area contributed by atoms with E-state index in [2.05, 4.69) is 26.6 Å². The SMILES string of the molecule is CCC[C@H](NC(=O)Nc1ccc(Br)c(F)c1)C(=O)O. The first-order valence-corrected chi connectivity index (χ1v) is 6.48. The van der Waals surface area contributed by atoms with Crippen LogP contribution in [-0.2, 0) is 4.79 Å². The molecule has 0 saturated heterocycles. The van der Waals surface area contributed by atoms with Crippen LogP contribution in [0.15, 0.2) is 22.7 Å². The van der Waals surface area contributed by atoms with E-state index in [-0.39, 0.29) is 10.2 Å². The smallest absolute Gasteiger partial charge is 0.326 e. The van der Waals surface area contributed by atoms with E-state index in [4.69, 9.17) is 5.11 Å². The Labute approximate surface area is 118 Å². The fraction of sp³-hybridized carbons (Fsp3) is 0.333. The largest absolute Gasteiger partial charge is 0.480 e. The summed E-state index contributed by atoms with van der Waals surface area (Å²) in [6, 6.07) is 2.46. The van der Waals surface area contributed by atoms with Gasteiger partial charge in [-0.2, -0.15) is 0 Å². The van der Waals surface area contributed by atoms with Gasteiger partial charge in [0, 0.05) is 5.69 Å². The second-order valence-electron chi connectivity index (χ2n) is 3.91. The molecule has 1 aromatic carbocycles. The van der Waals surface area contributed by atoms with Crippen molar-refractivity contribution >= 4 is 33.6 Å². The number of aliphatic carboxylic acids is 1. The average molecular weight is 333 g/mol. The summed E-state index contributed by atoms with van der Waals surface area (Å²) >= 11 is 2.99. The Morgan fingerprint density at radius 3 is 2.68 bits per heavy atom. The highest BCUT2D eigenvalue weighted by molar-refractivity contribution is 9.10. The minimum atomic E-state index is -1.10. The van der Waals surface area contributed by atoms with Gasteiger partial charge in [-0.05, 0) is 40.5 Å². The number of carbonyl (C=O) groups is 2. The molecule has 104 valence electrons. The van der Waals surface area contributed by atoms with Crippen molar-refractivity contribution in [1.29, 1.82) is 0 Å². The van der Waals surface area contributed by atoms with Crippen LogP contribution in [0.1, 0.15) is 19.8 Å². The van der Waals surface area contributed by atoms with Crippen LogP contribution in [0.5, 0.6) is 0 Å². The molecule has 0 spiro atoms. The fourth-order valence-corrected chi connectivity index (χ4v) is 1.69. The van der Waals surface area contributed by atoms with E-state index in [0.29, 0.717) is 12.8 Å². The molecule has 3 N–H and O–H groups in total. The summed E-state index contributed by atoms with van der Waals surface area (Å²) < 4.78 is 13.5. The third-order valence-electron chi connectivity index (χ3n) is 2.36. The van der Waals surface area contributed by atoms with Gasteiger partial charge in [0.2, 0.25) is 0 Å². The molecule has 1 atom stereocenters. The molecule has 2 amide bonds. The van der Waals surface area contributed by atoms with Crippen molar-refractivity contribution in [1.82, 2.24) is 5.32 Å². The zero-order valence-electron chi connectivity index (χ0n) is 10.2. The van der Waals surface area contributed by atoms with Crippen molar-refractivity contribution in [3.8, 4) is 0 Å². The van der Waals surface area contributed by atoms with E-state index in [1.807, 2.05) is 6.92 Å². The second kappa shape index (κ2) is 7.08. The van der Waals surface area contributed by atoms with Crippen LogP contribution in [0, 0.1) is 5.82 Å². The minimum absolute atomic E-state index is 0.249. The standard InChI is InChI=1S/C12H14BrFN2O3/c1-2-3-10(11(17)18)16-12(19)15-7-4-5-8(13)9(14)6-7/h4-6,10H,2-3H2,1H3,(H,17,18)(H2,15,16,19)/t10-/m0/s1. The van der Waals surface area contributed by atoms with E-state index in [1.165, 1.54) is 12.1 Å². The number of amides is 2. The van der Waals surface area contributed by atoms with Crippen molar-refractivity contribution in [3.63, 3.8) is 0 Å². The van der Waals surface area contributed by atoms with E-state index in [1.54, 1.807) is 0 Å². The Kier molecular flexibility index (Phi) is 5.75. The number of benzene rings is 1. The molecule has 5 nitrogen and oxygen atoms in total. The molecule has 0 fully saturated rings. The highest BCUT2D eigenvalue weighted by atomic mass is 79.9. The number of carboxylic acid groups (broad SMARTS) is 1. The van der Waals surface area contributed by atoms with Gasteiger partial charge in [0.25, 0.3) is 0 Å². The third kappa shape index (κ3) is 4.86. The Hall–Kier alpha value is -1.63. The normalized spacial score (nSPS) is 11.7. The molecule has 7 heteroatoms. The summed E-state index contributed by atoms with van der Waals surface area (Å²) in [7, 11) is 0. The molecule has 0 aliphatic carbocycles. The van der Waals surface area contributed by atoms with Crippen LogP contribution in [-0.4, -0.2) is 23.1 Å². The minimum Gasteiger partial charge on any atom is -0.480 e. The molecule has 0 radical (unpaired) electrons. The van der Waals surface area contributed by atoms with E-state index < -0.39 is 23.9 Å². The Bertz CT molecular complexity index is 482. The second-order valence-corrected chi connectivity index (χ2v) is 4.76. The lowest BCUT2D eigenvalue weighted by Crippen LogP contribution is -2.42. The first kappa shape index (κ1) is 15.4. The van der Waals surface area contributed by atoms with Crippen molar-refractivity contribution in [2.75, 3.05) is 5.32 Å². The fourth-order valence-electron chi connectivity index (χ4n) is 1.45. The number of carboxylic acids is 1. The highest BCUT2D eigenvalue weighted by Crippen LogP contribution is 2.19. The van der Waals surface area contributed by atoms with Gasteiger partial charge in [-0.3, -0.25) is 0 Å². The van der Waals surface area contributed by atoms with Crippen LogP contribution < -0.4 is 10.6 Å². The Morgan fingerprint density at radius 2 is 2.16 bits per heavy atom. The summed E-state index contributed by atoms with van der Waals surface area (Å²) in [6.45, 7) is 1.82. The molecule has 0 bridgehead atoms. The topological polar surface area (TPSA) is 78.4 Å². The number of nitrogens with one attached hydrogen (secondary N) is 2. The molecule has 1 rings (SSSR count). The molecule has 1 aromatic rings. The summed E-state index contributed by atoms with van der Waals surface area (Å²) in [5, 5.41) is 13.6. The summed E-state index contributed by atoms with van der Waals surface area (Å²) in [4.78, 5) is 22.4. The Morgan fingerprint density at radius 1 is 1.47 bits per heavy atom. The number of carbonyl (C=O) groups excluding carboxylic acids is 1. The molecule has 0 aliphatic heterocycles. The third-order valence-corrected chi connectivity index (χ3v) is 3.00. The number of halogens is 2. The molecule has 0 heterocycles. The van der Waals surface area contributed by atoms with Gasteiger partial charge < -0.3 is 15.7 Å². The lowest BCUT2D eigenvalue weighted by molar-refractivity contribution is -0.139. The lowest BCUT2D eigenvalue weighted by Gasteiger charge is -2.14. The van der Waals surface area contributed by atoms with Crippen LogP contribution in [0.4, 0.5) is 14.9 Å². The number of anilines is 1. The molecule has 0 saturated carbocycles. The monoisotopic (exact) mass is 332 g/mol. The molecule has 0 aromatic heterocycles. The summed E-state index contributed by atoms with van der Waals surface area (Å²) in [5.74, 6) is -1.61. The maximum Gasteiger partial charge on any atom is 0.326 e. The predicted octanol–water partition coefficient (Wildman–Crippen LogP) is 2.96. The van der Waals surface area contributed by atoms with Gasteiger partial charge in [0.1, 0.15) is 11.9 Å². The van der Waals surface area contributed by atoms with Gasteiger partial charge in [-0.25, -0.2) is 14.0 Å². The van der Waals surface area contributed by atoms with Crippen LogP contribution >= 0.6 is 15.9 Å². The van der Waals surface area contributed by atoms with Crippen LogP contribution in [0.25, 0.3) is 0 Å². The van der Waals surface area contributed by atoms with Crippen LogP contribution in [0.3, 0.4) is 0 Å². The first-order chi connectivity index (χ1) is 8.93. The maximum atomic E-state index is 13.2. The number of rotatable bonds is 5. The highest BCUT2D eigenvalue weighted by Gasteiger charge is 2.18. The molecule has 0 aliphatic rings. The van der Waals surface area contributed by atoms with Gasteiger partial charge in [0.05, 0.1) is 4.47 Å². The van der Waals surface area contributed by atoms with E-state index >= 15 is 0 Å².